The second-order valence-electron chi connectivity index (χ2n) is 9.37. The number of halogens is 1. The number of aromatic amines is 1. The fourth-order valence-electron chi connectivity index (χ4n) is 4.72. The lowest BCUT2D eigenvalue weighted by atomic mass is 9.98. The molecule has 2 aromatic carbocycles. The number of ether oxygens (including phenoxy) is 1. The summed E-state index contributed by atoms with van der Waals surface area (Å²) in [4.78, 5) is 22.3. The van der Waals surface area contributed by atoms with Crippen molar-refractivity contribution in [2.24, 2.45) is 0 Å². The van der Waals surface area contributed by atoms with Gasteiger partial charge in [-0.2, -0.15) is 0 Å². The van der Waals surface area contributed by atoms with Crippen LogP contribution in [0.2, 0.25) is 0 Å². The van der Waals surface area contributed by atoms with Gasteiger partial charge in [0.15, 0.2) is 0 Å². The molecule has 0 aliphatic carbocycles. The van der Waals surface area contributed by atoms with Crippen LogP contribution in [0.4, 0.5) is 10.1 Å². The van der Waals surface area contributed by atoms with E-state index in [1.54, 1.807) is 33.5 Å². The van der Waals surface area contributed by atoms with Crippen molar-refractivity contribution < 1.29 is 18.5 Å². The molecular weight excluding hydrogens is 491 g/mol. The Balaban J connectivity index is 1.58. The third-order valence-corrected chi connectivity index (χ3v) is 8.11. The number of carbonyl (C=O) groups excluding carboxylic acids is 1. The molecule has 0 radical (unpaired) electrons. The van der Waals surface area contributed by atoms with Crippen LogP contribution >= 0.6 is 0 Å². The minimum Gasteiger partial charge on any atom is -0.616 e. The molecule has 1 aliphatic rings. The molecule has 9 heteroatoms. The Kier molecular flexibility index (Phi) is 7.08. The second kappa shape index (κ2) is 10.4. The SMILES string of the molecule is COc1ccccc1-c1c[nH]c2ncc(-c3cc(F)c(NC4CC[S+]([O-])CC4)c(C(=O)N(C)C)c3)cc12. The second-order valence-corrected chi connectivity index (χ2v) is 11.1. The van der Waals surface area contributed by atoms with E-state index in [0.717, 1.165) is 22.3 Å². The van der Waals surface area contributed by atoms with Crippen molar-refractivity contribution in [2.45, 2.75) is 18.9 Å². The number of para-hydroxylation sites is 1. The zero-order chi connectivity index (χ0) is 26.1. The Labute approximate surface area is 218 Å². The van der Waals surface area contributed by atoms with Gasteiger partial charge in [-0.25, -0.2) is 9.37 Å². The molecule has 1 fully saturated rings. The van der Waals surface area contributed by atoms with E-state index in [9.17, 15) is 9.35 Å². The summed E-state index contributed by atoms with van der Waals surface area (Å²) < 4.78 is 32.9. The number of pyridine rings is 1. The van der Waals surface area contributed by atoms with E-state index in [-0.39, 0.29) is 23.2 Å². The smallest absolute Gasteiger partial charge is 0.255 e. The largest absolute Gasteiger partial charge is 0.616 e. The Hall–Kier alpha value is -3.56. The van der Waals surface area contributed by atoms with Crippen LogP contribution in [-0.4, -0.2) is 64.1 Å². The van der Waals surface area contributed by atoms with Crippen LogP contribution < -0.4 is 10.1 Å². The van der Waals surface area contributed by atoms with E-state index in [0.29, 0.717) is 41.1 Å². The number of hydrogen-bond donors (Lipinski definition) is 2. The average molecular weight is 521 g/mol. The number of fused-ring (bicyclic) bond motifs is 1. The molecule has 0 bridgehead atoms. The molecule has 192 valence electrons. The number of nitrogens with one attached hydrogen (secondary N) is 2. The van der Waals surface area contributed by atoms with Gasteiger partial charge in [-0.1, -0.05) is 29.4 Å². The topological polar surface area (TPSA) is 93.3 Å². The van der Waals surface area contributed by atoms with Gasteiger partial charge < -0.3 is 24.5 Å². The van der Waals surface area contributed by atoms with Gasteiger partial charge in [-0.05, 0) is 29.8 Å². The van der Waals surface area contributed by atoms with Crippen molar-refractivity contribution in [1.82, 2.24) is 14.9 Å². The fourth-order valence-corrected chi connectivity index (χ4v) is 6.02. The standard InChI is InChI=1S/C28H29FN4O3S/c1-33(2)28(34)22-12-17(14-24(29)26(22)32-19-8-10-37(35)11-9-19)18-13-21-23(16-31-27(21)30-15-18)20-6-4-5-7-25(20)36-3/h4-7,12-16,19,32H,8-11H2,1-3H3,(H,30,31). The quantitative estimate of drug-likeness (QED) is 0.346. The normalized spacial score (nSPS) is 17.5. The van der Waals surface area contributed by atoms with Crippen molar-refractivity contribution in [3.8, 4) is 28.0 Å². The van der Waals surface area contributed by atoms with E-state index in [1.807, 2.05) is 36.5 Å². The molecule has 0 saturated carbocycles. The maximum absolute atomic E-state index is 15.6. The first-order valence-electron chi connectivity index (χ1n) is 12.1. The highest BCUT2D eigenvalue weighted by molar-refractivity contribution is 7.91. The highest BCUT2D eigenvalue weighted by Crippen LogP contribution is 2.37. The van der Waals surface area contributed by atoms with E-state index < -0.39 is 17.0 Å². The highest BCUT2D eigenvalue weighted by Gasteiger charge is 2.26. The number of H-pyrrole nitrogens is 1. The molecule has 3 heterocycles. The van der Waals surface area contributed by atoms with Gasteiger partial charge >= 0.3 is 0 Å². The van der Waals surface area contributed by atoms with Crippen molar-refractivity contribution in [2.75, 3.05) is 38.0 Å². The Morgan fingerprint density at radius 1 is 1.16 bits per heavy atom. The van der Waals surface area contributed by atoms with Gasteiger partial charge in [-0.15, -0.1) is 0 Å². The predicted molar refractivity (Wildman–Crippen MR) is 146 cm³/mol. The number of nitrogens with zero attached hydrogens (tertiary/aromatic N) is 2. The average Bonchev–Trinajstić information content (AvgIpc) is 3.33. The maximum Gasteiger partial charge on any atom is 0.255 e. The lowest BCUT2D eigenvalue weighted by Crippen LogP contribution is -2.33. The van der Waals surface area contributed by atoms with Crippen molar-refractivity contribution in [3.63, 3.8) is 0 Å². The molecule has 2 N–H and O–H groups in total. The van der Waals surface area contributed by atoms with Crippen LogP contribution in [0.1, 0.15) is 23.2 Å². The summed E-state index contributed by atoms with van der Waals surface area (Å²) >= 11 is -0.827. The first-order chi connectivity index (χ1) is 17.9. The first kappa shape index (κ1) is 25.1. The zero-order valence-corrected chi connectivity index (χ0v) is 21.8. The number of rotatable bonds is 6. The van der Waals surface area contributed by atoms with Gasteiger partial charge in [0.05, 0.1) is 18.4 Å². The van der Waals surface area contributed by atoms with Crippen molar-refractivity contribution in [1.29, 1.82) is 0 Å². The van der Waals surface area contributed by atoms with Crippen molar-refractivity contribution >= 4 is 33.8 Å². The lowest BCUT2D eigenvalue weighted by Gasteiger charge is -2.27. The molecular formula is C28H29FN4O3S. The molecule has 0 atom stereocenters. The number of carbonyl (C=O) groups is 1. The van der Waals surface area contributed by atoms with Crippen LogP contribution in [0, 0.1) is 5.82 Å². The molecule has 1 aliphatic heterocycles. The predicted octanol–water partition coefficient (Wildman–Crippen LogP) is 5.07. The summed E-state index contributed by atoms with van der Waals surface area (Å²) in [7, 11) is 4.92. The highest BCUT2D eigenvalue weighted by atomic mass is 32.2. The fraction of sp³-hybridized carbons (Fsp3) is 0.286. The van der Waals surface area contributed by atoms with Crippen LogP contribution in [0.25, 0.3) is 33.3 Å². The van der Waals surface area contributed by atoms with Gasteiger partial charge in [0.2, 0.25) is 0 Å². The number of aromatic nitrogens is 2. The Morgan fingerprint density at radius 3 is 2.65 bits per heavy atom. The van der Waals surface area contributed by atoms with E-state index >= 15 is 4.39 Å². The lowest BCUT2D eigenvalue weighted by molar-refractivity contribution is 0.0828. The third kappa shape index (κ3) is 5.01. The summed E-state index contributed by atoms with van der Waals surface area (Å²) in [6.07, 6.45) is 4.89. The summed E-state index contributed by atoms with van der Waals surface area (Å²) in [5, 5.41) is 4.09. The van der Waals surface area contributed by atoms with Gasteiger partial charge in [-0.3, -0.25) is 4.79 Å². The number of amides is 1. The molecule has 1 saturated heterocycles. The monoisotopic (exact) mass is 520 g/mol. The van der Waals surface area contributed by atoms with Crippen molar-refractivity contribution in [3.05, 3.63) is 66.2 Å². The Morgan fingerprint density at radius 2 is 1.92 bits per heavy atom. The van der Waals surface area contributed by atoms with Gasteiger partial charge in [0.25, 0.3) is 5.91 Å². The number of anilines is 1. The van der Waals surface area contributed by atoms with Crippen LogP contribution in [0.15, 0.2) is 54.9 Å². The molecule has 7 nitrogen and oxygen atoms in total. The molecule has 1 amide bonds. The number of methoxy groups -OCH3 is 1. The zero-order valence-electron chi connectivity index (χ0n) is 21.0. The van der Waals surface area contributed by atoms with Crippen LogP contribution in [0.3, 0.4) is 0 Å². The Bertz CT molecular complexity index is 1450. The summed E-state index contributed by atoms with van der Waals surface area (Å²) in [6, 6.07) is 12.8. The minimum atomic E-state index is -0.827. The van der Waals surface area contributed by atoms with E-state index in [4.69, 9.17) is 4.74 Å². The molecule has 37 heavy (non-hydrogen) atoms. The third-order valence-electron chi connectivity index (χ3n) is 6.72. The van der Waals surface area contributed by atoms with Gasteiger partial charge in [0.1, 0.15) is 28.7 Å². The molecule has 0 spiro atoms. The molecule has 0 unspecified atom stereocenters. The van der Waals surface area contributed by atoms with E-state index in [1.165, 1.54) is 11.0 Å². The van der Waals surface area contributed by atoms with E-state index in [2.05, 4.69) is 15.3 Å². The summed E-state index contributed by atoms with van der Waals surface area (Å²) in [6.45, 7) is 0. The number of hydrogen-bond acceptors (Lipinski definition) is 5. The summed E-state index contributed by atoms with van der Waals surface area (Å²) in [5.74, 6) is 1.08. The summed E-state index contributed by atoms with van der Waals surface area (Å²) in [5.41, 5.74) is 4.21. The molecule has 2 aromatic heterocycles. The molecule has 5 rings (SSSR count). The minimum absolute atomic E-state index is 0.0342. The first-order valence-corrected chi connectivity index (χ1v) is 13.6. The maximum atomic E-state index is 15.6. The molecule has 4 aromatic rings. The van der Waals surface area contributed by atoms with Crippen LogP contribution in [0.5, 0.6) is 5.75 Å². The van der Waals surface area contributed by atoms with Crippen LogP contribution in [-0.2, 0) is 11.2 Å². The number of benzene rings is 2. The van der Waals surface area contributed by atoms with Gasteiger partial charge in [0, 0.05) is 67.4 Å².